The average Bonchev–Trinajstić information content (AvgIpc) is 3.30. The summed E-state index contributed by atoms with van der Waals surface area (Å²) >= 11 is 0. The third kappa shape index (κ3) is 6.59. The Morgan fingerprint density at radius 1 is 0.679 bits per heavy atom. The number of rotatable bonds is 2. The molecule has 0 N–H and O–H groups in total. The fourth-order valence-corrected chi connectivity index (χ4v) is 2.20. The Bertz CT molecular complexity index is 919. The normalized spacial score (nSPS) is 9.11. The summed E-state index contributed by atoms with van der Waals surface area (Å²) < 4.78 is 41.5. The van der Waals surface area contributed by atoms with Crippen molar-refractivity contribution in [2.75, 3.05) is 0 Å². The van der Waals surface area contributed by atoms with Crippen molar-refractivity contribution in [3.05, 3.63) is 124 Å². The van der Waals surface area contributed by atoms with Gasteiger partial charge in [0.2, 0.25) is 0 Å². The van der Waals surface area contributed by atoms with Crippen molar-refractivity contribution in [2.45, 2.75) is 0 Å². The number of hydrogen-bond acceptors (Lipinski definition) is 0. The summed E-state index contributed by atoms with van der Waals surface area (Å²) in [6.07, 6.45) is 7.18. The van der Waals surface area contributed by atoms with Gasteiger partial charge in [-0.05, 0) is 54.7 Å². The standard InChI is InChI=1S/C10H6F2N.C10H7FN.2CH3.Ti/c11-8-3-4-10(9(12)7-8)13-5-1-2-6-13;11-9-3-5-10(6-4-9)12-7-1-2-8-12;;;/h1-6H;1-3,5-8H;2*1H3;/q4*-1;+4. The van der Waals surface area contributed by atoms with Crippen molar-refractivity contribution in [3.63, 3.8) is 0 Å². The first kappa shape index (κ1) is 25.5. The minimum absolute atomic E-state index is 0. The molecule has 0 aliphatic carbocycles. The molecule has 4 aromatic rings. The van der Waals surface area contributed by atoms with Gasteiger partial charge in [-0.25, -0.2) is 13.2 Å². The van der Waals surface area contributed by atoms with E-state index in [0.29, 0.717) is 5.69 Å². The summed E-state index contributed by atoms with van der Waals surface area (Å²) in [6.45, 7) is 0. The molecule has 0 spiro atoms. The van der Waals surface area contributed by atoms with E-state index in [4.69, 9.17) is 0 Å². The van der Waals surface area contributed by atoms with Crippen molar-refractivity contribution < 1.29 is 34.9 Å². The summed E-state index contributed by atoms with van der Waals surface area (Å²) in [5.41, 5.74) is 1.22. The van der Waals surface area contributed by atoms with Gasteiger partial charge in [0.05, 0.1) is 0 Å². The molecule has 142 valence electrons. The number of benzene rings is 2. The maximum absolute atomic E-state index is 13.1. The third-order valence-electron chi connectivity index (χ3n) is 3.39. The van der Waals surface area contributed by atoms with Gasteiger partial charge < -0.3 is 24.0 Å². The van der Waals surface area contributed by atoms with Crippen LogP contribution in [0.3, 0.4) is 0 Å². The molecule has 0 unspecified atom stereocenters. The quantitative estimate of drug-likeness (QED) is 0.286. The van der Waals surface area contributed by atoms with Gasteiger partial charge in [-0.15, -0.1) is 36.4 Å². The average molecular weight is 416 g/mol. The fourth-order valence-electron chi connectivity index (χ4n) is 2.20. The molecule has 0 atom stereocenters. The second kappa shape index (κ2) is 12.1. The molecule has 0 saturated carbocycles. The maximum Gasteiger partial charge on any atom is 4.00 e. The molecule has 0 fully saturated rings. The van der Waals surface area contributed by atoms with E-state index >= 15 is 0 Å². The smallest absolute Gasteiger partial charge is 0.377 e. The van der Waals surface area contributed by atoms with Crippen LogP contribution in [-0.4, -0.2) is 9.13 Å². The Labute approximate surface area is 179 Å². The number of halogens is 3. The van der Waals surface area contributed by atoms with Crippen LogP contribution in [-0.2, 0) is 21.7 Å². The van der Waals surface area contributed by atoms with E-state index in [1.165, 1.54) is 18.2 Å². The molecule has 0 amide bonds. The summed E-state index contributed by atoms with van der Waals surface area (Å²) in [7, 11) is 0. The third-order valence-corrected chi connectivity index (χ3v) is 3.39. The van der Waals surface area contributed by atoms with E-state index in [2.05, 4.69) is 6.07 Å². The predicted octanol–water partition coefficient (Wildman–Crippen LogP) is 5.87. The van der Waals surface area contributed by atoms with Crippen LogP contribution in [0.2, 0.25) is 0 Å². The molecule has 28 heavy (non-hydrogen) atoms. The van der Waals surface area contributed by atoms with Crippen LogP contribution < -0.4 is 0 Å². The zero-order valence-electron chi connectivity index (χ0n) is 15.5. The van der Waals surface area contributed by atoms with Gasteiger partial charge in [-0.1, -0.05) is 5.69 Å². The number of hydrogen-bond donors (Lipinski definition) is 0. The molecule has 0 radical (unpaired) electrons. The Morgan fingerprint density at radius 3 is 1.71 bits per heavy atom. The molecule has 0 aliphatic heterocycles. The first-order valence-electron chi connectivity index (χ1n) is 7.45. The molecule has 0 saturated heterocycles. The van der Waals surface area contributed by atoms with Crippen LogP contribution in [0.1, 0.15) is 0 Å². The van der Waals surface area contributed by atoms with Gasteiger partial charge in [0.25, 0.3) is 0 Å². The maximum atomic E-state index is 13.1. The summed E-state index contributed by atoms with van der Waals surface area (Å²) in [6, 6.07) is 19.1. The van der Waals surface area contributed by atoms with E-state index in [0.717, 1.165) is 5.69 Å². The van der Waals surface area contributed by atoms with Gasteiger partial charge in [0.1, 0.15) is 0 Å². The SMILES string of the molecule is Fc1[c-]c(F)c(-n2cccc2)cc1.Fc1[c-]cc(-n2cccc2)cc1.[CH3-].[CH3-].[Ti+4]. The zero-order valence-corrected chi connectivity index (χ0v) is 17.1. The fraction of sp³-hybridized carbons (Fsp3) is 0. The molecule has 2 heterocycles. The first-order chi connectivity index (χ1) is 12.1. The molecular formula is C22H19F3N2Ti. The van der Waals surface area contributed by atoms with Gasteiger partial charge in [-0.3, -0.25) is 0 Å². The van der Waals surface area contributed by atoms with Crippen LogP contribution in [0, 0.1) is 44.4 Å². The Morgan fingerprint density at radius 2 is 1.21 bits per heavy atom. The summed E-state index contributed by atoms with van der Waals surface area (Å²) in [4.78, 5) is 0. The van der Waals surface area contributed by atoms with Crippen molar-refractivity contribution >= 4 is 0 Å². The van der Waals surface area contributed by atoms with Gasteiger partial charge in [-0.2, -0.15) is 6.07 Å². The minimum atomic E-state index is -0.687. The van der Waals surface area contributed by atoms with Crippen LogP contribution in [0.15, 0.2) is 79.4 Å². The van der Waals surface area contributed by atoms with Gasteiger partial charge in [0.15, 0.2) is 0 Å². The second-order valence-corrected chi connectivity index (χ2v) is 5.08. The zero-order chi connectivity index (χ0) is 17.6. The molecule has 0 aliphatic rings. The monoisotopic (exact) mass is 416 g/mol. The van der Waals surface area contributed by atoms with Crippen molar-refractivity contribution in [2.24, 2.45) is 0 Å². The van der Waals surface area contributed by atoms with Crippen LogP contribution in [0.4, 0.5) is 13.2 Å². The molecular weight excluding hydrogens is 397 g/mol. The number of aromatic nitrogens is 2. The van der Waals surface area contributed by atoms with Gasteiger partial charge >= 0.3 is 21.7 Å². The van der Waals surface area contributed by atoms with Crippen LogP contribution >= 0.6 is 0 Å². The molecule has 4 rings (SSSR count). The van der Waals surface area contributed by atoms with Gasteiger partial charge in [0, 0.05) is 17.5 Å². The molecule has 2 aromatic carbocycles. The summed E-state index contributed by atoms with van der Waals surface area (Å²) in [5, 5.41) is 0. The van der Waals surface area contributed by atoms with Crippen LogP contribution in [0.25, 0.3) is 11.4 Å². The summed E-state index contributed by atoms with van der Waals surface area (Å²) in [5.74, 6) is -1.70. The predicted molar refractivity (Wildman–Crippen MR) is 102 cm³/mol. The molecule has 2 aromatic heterocycles. The van der Waals surface area contributed by atoms with E-state index in [1.54, 1.807) is 41.2 Å². The number of nitrogens with zero attached hydrogens (tertiary/aromatic N) is 2. The van der Waals surface area contributed by atoms with E-state index in [1.807, 2.05) is 35.2 Å². The van der Waals surface area contributed by atoms with Crippen molar-refractivity contribution in [3.8, 4) is 11.4 Å². The Balaban J connectivity index is 0.000000471. The van der Waals surface area contributed by atoms with Crippen LogP contribution in [0.5, 0.6) is 0 Å². The second-order valence-electron chi connectivity index (χ2n) is 5.08. The molecule has 2 nitrogen and oxygen atoms in total. The van der Waals surface area contributed by atoms with Crippen molar-refractivity contribution in [1.29, 1.82) is 0 Å². The topological polar surface area (TPSA) is 9.86 Å². The molecule has 6 heteroatoms. The van der Waals surface area contributed by atoms with E-state index in [-0.39, 0.29) is 42.4 Å². The Hall–Kier alpha value is -2.50. The van der Waals surface area contributed by atoms with E-state index in [9.17, 15) is 13.2 Å². The Kier molecular flexibility index (Phi) is 11.0. The largest absolute Gasteiger partial charge is 4.00 e. The van der Waals surface area contributed by atoms with Crippen molar-refractivity contribution in [1.82, 2.24) is 9.13 Å². The first-order valence-corrected chi connectivity index (χ1v) is 7.45. The van der Waals surface area contributed by atoms with E-state index < -0.39 is 11.6 Å². The minimum Gasteiger partial charge on any atom is -0.377 e. The molecule has 0 bridgehead atoms.